The number of hydrogen-bond acceptors (Lipinski definition) is 4. The number of nitrogens with zero attached hydrogens (tertiary/aromatic N) is 4. The van der Waals surface area contributed by atoms with Gasteiger partial charge in [-0.15, -0.1) is 0 Å². The summed E-state index contributed by atoms with van der Waals surface area (Å²) in [6, 6.07) is -0.579. The van der Waals surface area contributed by atoms with Crippen molar-refractivity contribution in [1.29, 1.82) is 0 Å². The highest BCUT2D eigenvalue weighted by atomic mass is 35.5. The highest BCUT2D eigenvalue weighted by molar-refractivity contribution is 6.31. The molecular formula is C15H21ClN6O2. The van der Waals surface area contributed by atoms with Crippen LogP contribution in [0.3, 0.4) is 0 Å². The van der Waals surface area contributed by atoms with E-state index >= 15 is 0 Å². The second-order valence-electron chi connectivity index (χ2n) is 5.47. The van der Waals surface area contributed by atoms with Crippen LogP contribution in [0.25, 0.3) is 0 Å². The van der Waals surface area contributed by atoms with Crippen molar-refractivity contribution in [3.8, 4) is 0 Å². The molecule has 2 N–H and O–H groups in total. The fourth-order valence-electron chi connectivity index (χ4n) is 2.26. The average Bonchev–Trinajstić information content (AvgIpc) is 3.07. The van der Waals surface area contributed by atoms with Gasteiger partial charge >= 0.3 is 0 Å². The van der Waals surface area contributed by atoms with E-state index in [1.807, 2.05) is 6.92 Å². The Hall–Kier alpha value is -2.35. The van der Waals surface area contributed by atoms with Crippen LogP contribution in [-0.4, -0.2) is 37.9 Å². The normalized spacial score (nSPS) is 12.0. The molecule has 0 aliphatic rings. The lowest BCUT2D eigenvalue weighted by Crippen LogP contribution is -2.29. The highest BCUT2D eigenvalue weighted by Crippen LogP contribution is 2.20. The molecule has 8 nitrogen and oxygen atoms in total. The Kier molecular flexibility index (Phi) is 5.61. The van der Waals surface area contributed by atoms with Gasteiger partial charge in [-0.05, 0) is 20.3 Å². The number of carbonyl (C=O) groups excluding carboxylic acids is 2. The molecule has 2 aromatic rings. The maximum absolute atomic E-state index is 12.5. The van der Waals surface area contributed by atoms with Gasteiger partial charge in [-0.25, -0.2) is 0 Å². The van der Waals surface area contributed by atoms with Gasteiger partial charge in [0.05, 0.1) is 28.8 Å². The zero-order valence-corrected chi connectivity index (χ0v) is 14.9. The number of halogens is 1. The Morgan fingerprint density at radius 2 is 2.04 bits per heavy atom. The molecule has 2 amide bonds. The van der Waals surface area contributed by atoms with Crippen LogP contribution in [0, 0.1) is 6.92 Å². The van der Waals surface area contributed by atoms with E-state index in [2.05, 4.69) is 20.8 Å². The van der Waals surface area contributed by atoms with Crippen LogP contribution in [-0.2, 0) is 11.8 Å². The SMILES string of the molecule is CCCNC(=O)c1c(NC(=O)C(C)n2ncc(Cl)c2C)cnn1C. The molecule has 2 heterocycles. The first-order chi connectivity index (χ1) is 11.4. The monoisotopic (exact) mass is 352 g/mol. The van der Waals surface area contributed by atoms with Gasteiger partial charge < -0.3 is 10.6 Å². The Morgan fingerprint density at radius 3 is 2.62 bits per heavy atom. The second kappa shape index (κ2) is 7.48. The fourth-order valence-corrected chi connectivity index (χ4v) is 2.39. The topological polar surface area (TPSA) is 93.8 Å². The molecule has 130 valence electrons. The summed E-state index contributed by atoms with van der Waals surface area (Å²) in [5, 5.41) is 14.2. The van der Waals surface area contributed by atoms with Crippen LogP contribution in [0.2, 0.25) is 5.02 Å². The van der Waals surface area contributed by atoms with Gasteiger partial charge in [-0.1, -0.05) is 18.5 Å². The molecule has 24 heavy (non-hydrogen) atoms. The van der Waals surface area contributed by atoms with Gasteiger partial charge in [0.25, 0.3) is 5.91 Å². The standard InChI is InChI=1S/C15H21ClN6O2/c1-5-6-17-15(24)13-12(8-18-21(13)4)20-14(23)10(3)22-9(2)11(16)7-19-22/h7-8,10H,5-6H2,1-4H3,(H,17,24)(H,20,23). The number of aromatic nitrogens is 4. The van der Waals surface area contributed by atoms with E-state index in [1.54, 1.807) is 20.9 Å². The summed E-state index contributed by atoms with van der Waals surface area (Å²) in [7, 11) is 1.65. The van der Waals surface area contributed by atoms with Crippen LogP contribution < -0.4 is 10.6 Å². The minimum Gasteiger partial charge on any atom is -0.351 e. The van der Waals surface area contributed by atoms with E-state index in [4.69, 9.17) is 11.6 Å². The fraction of sp³-hybridized carbons (Fsp3) is 0.467. The molecule has 0 spiro atoms. The van der Waals surface area contributed by atoms with Crippen molar-refractivity contribution in [3.63, 3.8) is 0 Å². The average molecular weight is 353 g/mol. The van der Waals surface area contributed by atoms with Crippen molar-refractivity contribution >= 4 is 29.1 Å². The summed E-state index contributed by atoms with van der Waals surface area (Å²) in [5.41, 5.74) is 1.37. The lowest BCUT2D eigenvalue weighted by Gasteiger charge is -2.14. The third kappa shape index (κ3) is 3.59. The first kappa shape index (κ1) is 18.0. The van der Waals surface area contributed by atoms with Crippen molar-refractivity contribution < 1.29 is 9.59 Å². The van der Waals surface area contributed by atoms with Crippen molar-refractivity contribution in [2.45, 2.75) is 33.2 Å². The van der Waals surface area contributed by atoms with Gasteiger partial charge in [0.2, 0.25) is 5.91 Å². The third-order valence-corrected chi connectivity index (χ3v) is 4.05. The largest absolute Gasteiger partial charge is 0.351 e. The van der Waals surface area contributed by atoms with E-state index in [0.717, 1.165) is 6.42 Å². The maximum atomic E-state index is 12.5. The van der Waals surface area contributed by atoms with E-state index in [1.165, 1.54) is 21.8 Å². The number of rotatable bonds is 6. The maximum Gasteiger partial charge on any atom is 0.271 e. The first-order valence-electron chi connectivity index (χ1n) is 7.67. The predicted octanol–water partition coefficient (Wildman–Crippen LogP) is 1.92. The molecule has 2 aromatic heterocycles. The van der Waals surface area contributed by atoms with E-state index in [9.17, 15) is 9.59 Å². The summed E-state index contributed by atoms with van der Waals surface area (Å²) in [4.78, 5) is 24.7. The third-order valence-electron chi connectivity index (χ3n) is 3.68. The zero-order valence-electron chi connectivity index (χ0n) is 14.1. The number of carbonyl (C=O) groups is 2. The molecule has 9 heteroatoms. The van der Waals surface area contributed by atoms with Gasteiger partial charge in [-0.2, -0.15) is 10.2 Å². The number of nitrogens with one attached hydrogen (secondary N) is 2. The highest BCUT2D eigenvalue weighted by Gasteiger charge is 2.23. The van der Waals surface area contributed by atoms with Crippen LogP contribution in [0.15, 0.2) is 12.4 Å². The van der Waals surface area contributed by atoms with E-state index in [-0.39, 0.29) is 11.8 Å². The molecule has 0 aromatic carbocycles. The van der Waals surface area contributed by atoms with Crippen LogP contribution in [0.4, 0.5) is 5.69 Å². The Bertz CT molecular complexity index is 751. The van der Waals surface area contributed by atoms with Gasteiger partial charge in [0.15, 0.2) is 0 Å². The summed E-state index contributed by atoms with van der Waals surface area (Å²) < 4.78 is 2.96. The molecular weight excluding hydrogens is 332 g/mol. The van der Waals surface area contributed by atoms with Crippen molar-refractivity contribution in [3.05, 3.63) is 28.8 Å². The van der Waals surface area contributed by atoms with Crippen LogP contribution >= 0.6 is 11.6 Å². The minimum absolute atomic E-state index is 0.280. The lowest BCUT2D eigenvalue weighted by molar-refractivity contribution is -0.119. The predicted molar refractivity (Wildman–Crippen MR) is 91.1 cm³/mol. The van der Waals surface area contributed by atoms with Crippen molar-refractivity contribution in [2.75, 3.05) is 11.9 Å². The zero-order chi connectivity index (χ0) is 17.9. The molecule has 0 fully saturated rings. The number of amides is 2. The molecule has 1 unspecified atom stereocenters. The van der Waals surface area contributed by atoms with E-state index in [0.29, 0.717) is 28.6 Å². The summed E-state index contributed by atoms with van der Waals surface area (Å²) in [6.07, 6.45) is 3.77. The van der Waals surface area contributed by atoms with Crippen molar-refractivity contribution in [2.24, 2.45) is 7.05 Å². The molecule has 0 saturated carbocycles. The molecule has 1 atom stereocenters. The summed E-state index contributed by atoms with van der Waals surface area (Å²) in [5.74, 6) is -0.589. The Balaban J connectivity index is 2.17. The smallest absolute Gasteiger partial charge is 0.271 e. The van der Waals surface area contributed by atoms with E-state index < -0.39 is 6.04 Å². The van der Waals surface area contributed by atoms with Gasteiger partial charge in [-0.3, -0.25) is 19.0 Å². The Labute approximate surface area is 145 Å². The summed E-state index contributed by atoms with van der Waals surface area (Å²) in [6.45, 7) is 6.01. The van der Waals surface area contributed by atoms with Crippen LogP contribution in [0.5, 0.6) is 0 Å². The molecule has 0 bridgehead atoms. The molecule has 0 saturated heterocycles. The second-order valence-corrected chi connectivity index (χ2v) is 5.88. The number of aryl methyl sites for hydroxylation is 1. The number of anilines is 1. The molecule has 2 rings (SSSR count). The van der Waals surface area contributed by atoms with Gasteiger partial charge in [0, 0.05) is 13.6 Å². The van der Waals surface area contributed by atoms with Gasteiger partial charge in [0.1, 0.15) is 11.7 Å². The molecule has 0 aliphatic carbocycles. The Morgan fingerprint density at radius 1 is 1.33 bits per heavy atom. The lowest BCUT2D eigenvalue weighted by atomic mass is 10.2. The van der Waals surface area contributed by atoms with Crippen LogP contribution in [0.1, 0.15) is 42.5 Å². The quantitative estimate of drug-likeness (QED) is 0.830. The molecule has 0 aliphatic heterocycles. The first-order valence-corrected chi connectivity index (χ1v) is 8.05. The minimum atomic E-state index is -0.579. The van der Waals surface area contributed by atoms with Crippen molar-refractivity contribution in [1.82, 2.24) is 24.9 Å². The molecule has 0 radical (unpaired) electrons. The number of hydrogen-bond donors (Lipinski definition) is 2. The summed E-state index contributed by atoms with van der Waals surface area (Å²) >= 11 is 5.98.